The molecule has 1 heterocycles. The zero-order chi connectivity index (χ0) is 23.3. The van der Waals surface area contributed by atoms with E-state index in [1.165, 1.54) is 5.56 Å². The molecule has 2 aromatic carbocycles. The van der Waals surface area contributed by atoms with Gasteiger partial charge < -0.3 is 15.0 Å². The number of methoxy groups -OCH3 is 1. The Morgan fingerprint density at radius 1 is 1.09 bits per heavy atom. The van der Waals surface area contributed by atoms with Crippen LogP contribution < -0.4 is 10.1 Å². The molecule has 0 unspecified atom stereocenters. The Balaban J connectivity index is 1.44. The summed E-state index contributed by atoms with van der Waals surface area (Å²) in [6.45, 7) is 2.06. The summed E-state index contributed by atoms with van der Waals surface area (Å²) in [6.07, 6.45) is 6.52. The van der Waals surface area contributed by atoms with Gasteiger partial charge in [-0.1, -0.05) is 36.8 Å². The van der Waals surface area contributed by atoms with Crippen LogP contribution in [0.3, 0.4) is 0 Å². The van der Waals surface area contributed by atoms with E-state index >= 15 is 0 Å². The second-order valence-electron chi connectivity index (χ2n) is 9.12. The number of hydrogen-bond acceptors (Lipinski definition) is 4. The van der Waals surface area contributed by atoms with Crippen LogP contribution in [-0.4, -0.2) is 47.8 Å². The molecule has 0 saturated heterocycles. The second-order valence-corrected chi connectivity index (χ2v) is 9.12. The van der Waals surface area contributed by atoms with Crippen molar-refractivity contribution in [2.45, 2.75) is 63.6 Å². The molecule has 0 bridgehead atoms. The van der Waals surface area contributed by atoms with Gasteiger partial charge in [-0.15, -0.1) is 0 Å². The van der Waals surface area contributed by atoms with Gasteiger partial charge in [-0.05, 0) is 75.3 Å². The van der Waals surface area contributed by atoms with Gasteiger partial charge in [0.2, 0.25) is 5.91 Å². The number of nitrogens with one attached hydrogen (secondary N) is 1. The SMILES string of the molecule is COc1ccc(C2=NC3(CCCCC3)N(CC(=O)N[C@@H](C)CCc3ccccc3)C2=O)cc1. The minimum atomic E-state index is -0.602. The standard InChI is InChI=1S/C27H33N3O3/c1-20(11-12-21-9-5-3-6-10-21)28-24(31)19-30-26(32)25(22-13-15-23(33-2)16-14-22)29-27(30)17-7-4-8-18-27/h3,5-6,9-10,13-16,20H,4,7-8,11-12,17-19H2,1-2H3,(H,28,31)/t20-/m0/s1. The number of carbonyl (C=O) groups is 2. The molecule has 4 rings (SSSR count). The van der Waals surface area contributed by atoms with Crippen LogP contribution in [0.5, 0.6) is 5.75 Å². The normalized spacial score (nSPS) is 18.2. The van der Waals surface area contributed by atoms with Gasteiger partial charge >= 0.3 is 0 Å². The largest absolute Gasteiger partial charge is 0.497 e. The summed E-state index contributed by atoms with van der Waals surface area (Å²) >= 11 is 0. The van der Waals surface area contributed by atoms with Crippen LogP contribution in [0.25, 0.3) is 0 Å². The number of rotatable bonds is 8. The summed E-state index contributed by atoms with van der Waals surface area (Å²) in [5.74, 6) is 0.451. The fourth-order valence-electron chi connectivity index (χ4n) is 4.85. The number of aryl methyl sites for hydroxylation is 1. The van der Waals surface area contributed by atoms with Gasteiger partial charge in [0, 0.05) is 11.6 Å². The molecule has 1 aliphatic heterocycles. The van der Waals surface area contributed by atoms with E-state index in [-0.39, 0.29) is 24.4 Å². The number of hydrogen-bond donors (Lipinski definition) is 1. The summed E-state index contributed by atoms with van der Waals surface area (Å²) in [4.78, 5) is 33.1. The second kappa shape index (κ2) is 10.2. The minimum Gasteiger partial charge on any atom is -0.497 e. The van der Waals surface area contributed by atoms with Gasteiger partial charge in [0.1, 0.15) is 23.7 Å². The Hall–Kier alpha value is -3.15. The maximum Gasteiger partial charge on any atom is 0.275 e. The van der Waals surface area contributed by atoms with Crippen LogP contribution in [0.1, 0.15) is 56.6 Å². The van der Waals surface area contributed by atoms with E-state index in [4.69, 9.17) is 9.73 Å². The molecule has 1 atom stereocenters. The molecule has 1 saturated carbocycles. The van der Waals surface area contributed by atoms with E-state index in [2.05, 4.69) is 17.4 Å². The average Bonchev–Trinajstić information content (AvgIpc) is 3.10. The molecular formula is C27H33N3O3. The highest BCUT2D eigenvalue weighted by Gasteiger charge is 2.48. The first-order valence-corrected chi connectivity index (χ1v) is 11.9. The van der Waals surface area contributed by atoms with Crippen molar-refractivity contribution in [2.75, 3.05) is 13.7 Å². The lowest BCUT2D eigenvalue weighted by Gasteiger charge is -2.39. The number of amides is 2. The van der Waals surface area contributed by atoms with Gasteiger partial charge in [0.25, 0.3) is 5.91 Å². The topological polar surface area (TPSA) is 71.0 Å². The predicted octanol–water partition coefficient (Wildman–Crippen LogP) is 4.12. The molecule has 2 aromatic rings. The van der Waals surface area contributed by atoms with E-state index in [9.17, 15) is 9.59 Å². The van der Waals surface area contributed by atoms with Crippen molar-refractivity contribution in [1.82, 2.24) is 10.2 Å². The molecule has 2 amide bonds. The van der Waals surface area contributed by atoms with Gasteiger partial charge in [-0.3, -0.25) is 14.6 Å². The van der Waals surface area contributed by atoms with Gasteiger partial charge in [-0.25, -0.2) is 0 Å². The Bertz CT molecular complexity index is 995. The smallest absolute Gasteiger partial charge is 0.275 e. The Morgan fingerprint density at radius 3 is 2.45 bits per heavy atom. The Kier molecular flexibility index (Phi) is 7.11. The third-order valence-electron chi connectivity index (χ3n) is 6.71. The Morgan fingerprint density at radius 2 is 1.79 bits per heavy atom. The quantitative estimate of drug-likeness (QED) is 0.662. The fraction of sp³-hybridized carbons (Fsp3) is 0.444. The highest BCUT2D eigenvalue weighted by molar-refractivity contribution is 6.47. The van der Waals surface area contributed by atoms with E-state index in [0.29, 0.717) is 5.71 Å². The lowest BCUT2D eigenvalue weighted by Crippen LogP contribution is -2.52. The lowest BCUT2D eigenvalue weighted by atomic mass is 9.88. The zero-order valence-corrected chi connectivity index (χ0v) is 19.5. The number of aliphatic imine (C=N–C) groups is 1. The molecule has 1 aliphatic carbocycles. The number of nitrogens with zero attached hydrogens (tertiary/aromatic N) is 2. The van der Waals surface area contributed by atoms with E-state index in [1.807, 2.05) is 49.4 Å². The van der Waals surface area contributed by atoms with Crippen molar-refractivity contribution < 1.29 is 14.3 Å². The molecular weight excluding hydrogens is 414 g/mol. The van der Waals surface area contributed by atoms with Crippen LogP contribution in [-0.2, 0) is 16.0 Å². The third-order valence-corrected chi connectivity index (χ3v) is 6.71. The molecule has 174 valence electrons. The van der Waals surface area contributed by atoms with Crippen molar-refractivity contribution >= 4 is 17.5 Å². The van der Waals surface area contributed by atoms with E-state index < -0.39 is 5.66 Å². The van der Waals surface area contributed by atoms with Gasteiger partial charge in [0.05, 0.1) is 7.11 Å². The van der Waals surface area contributed by atoms with Crippen molar-refractivity contribution in [3.05, 3.63) is 65.7 Å². The van der Waals surface area contributed by atoms with E-state index in [1.54, 1.807) is 12.0 Å². The van der Waals surface area contributed by atoms with E-state index in [0.717, 1.165) is 56.3 Å². The van der Waals surface area contributed by atoms with Crippen molar-refractivity contribution in [1.29, 1.82) is 0 Å². The summed E-state index contributed by atoms with van der Waals surface area (Å²) in [6, 6.07) is 17.7. The summed E-state index contributed by atoms with van der Waals surface area (Å²) in [5.41, 5.74) is 1.87. The maximum absolute atomic E-state index is 13.4. The molecule has 0 aromatic heterocycles. The summed E-state index contributed by atoms with van der Waals surface area (Å²) in [5, 5.41) is 3.09. The average molecular weight is 448 g/mol. The highest BCUT2D eigenvalue weighted by Crippen LogP contribution is 2.39. The number of ether oxygens (including phenoxy) is 1. The molecule has 0 radical (unpaired) electrons. The first kappa shape index (κ1) is 23.0. The highest BCUT2D eigenvalue weighted by atomic mass is 16.5. The van der Waals surface area contributed by atoms with Crippen molar-refractivity contribution in [2.24, 2.45) is 4.99 Å². The lowest BCUT2D eigenvalue weighted by molar-refractivity contribution is -0.136. The monoisotopic (exact) mass is 447 g/mol. The molecule has 1 N–H and O–H groups in total. The third kappa shape index (κ3) is 5.27. The zero-order valence-electron chi connectivity index (χ0n) is 19.5. The van der Waals surface area contributed by atoms with Crippen LogP contribution in [0.2, 0.25) is 0 Å². The first-order chi connectivity index (χ1) is 16.0. The van der Waals surface area contributed by atoms with Crippen LogP contribution in [0.15, 0.2) is 59.6 Å². The van der Waals surface area contributed by atoms with Crippen molar-refractivity contribution in [3.8, 4) is 5.75 Å². The molecule has 1 fully saturated rings. The molecule has 6 nitrogen and oxygen atoms in total. The first-order valence-electron chi connectivity index (χ1n) is 11.9. The van der Waals surface area contributed by atoms with Crippen LogP contribution >= 0.6 is 0 Å². The predicted molar refractivity (Wildman–Crippen MR) is 129 cm³/mol. The summed E-state index contributed by atoms with van der Waals surface area (Å²) < 4.78 is 5.24. The number of benzene rings is 2. The van der Waals surface area contributed by atoms with Crippen LogP contribution in [0, 0.1) is 0 Å². The molecule has 33 heavy (non-hydrogen) atoms. The van der Waals surface area contributed by atoms with Crippen molar-refractivity contribution in [3.63, 3.8) is 0 Å². The van der Waals surface area contributed by atoms with Gasteiger partial charge in [-0.2, -0.15) is 0 Å². The summed E-state index contributed by atoms with van der Waals surface area (Å²) in [7, 11) is 1.62. The maximum atomic E-state index is 13.4. The Labute approximate surface area is 196 Å². The molecule has 1 spiro atoms. The molecule has 6 heteroatoms. The number of carbonyl (C=O) groups excluding carboxylic acids is 2. The molecule has 2 aliphatic rings. The minimum absolute atomic E-state index is 0.0275. The van der Waals surface area contributed by atoms with Crippen LogP contribution in [0.4, 0.5) is 0 Å². The fourth-order valence-corrected chi connectivity index (χ4v) is 4.85. The van der Waals surface area contributed by atoms with Gasteiger partial charge in [0.15, 0.2) is 0 Å².